The van der Waals surface area contributed by atoms with E-state index in [1.165, 1.54) is 18.1 Å². The molecule has 5 heteroatoms. The Balaban J connectivity index is 2.72. The highest BCUT2D eigenvalue weighted by molar-refractivity contribution is 8.13. The van der Waals surface area contributed by atoms with E-state index < -0.39 is 0 Å². The largest absolute Gasteiger partial charge is 0.372 e. The summed E-state index contributed by atoms with van der Waals surface area (Å²) in [6.07, 6.45) is 6.58. The van der Waals surface area contributed by atoms with Crippen molar-refractivity contribution < 1.29 is 4.79 Å². The minimum absolute atomic E-state index is 0.133. The Morgan fingerprint density at radius 1 is 1.40 bits per heavy atom. The standard InChI is InChI=1S/C10H15N3OS/c1-7(2)9(10(14)15-3)13-8-4-11-6-12-5-8/h4-7,9,13H,1-3H3/t9-/m0/s1. The van der Waals surface area contributed by atoms with Crippen LogP contribution in [0.3, 0.4) is 0 Å². The Hall–Kier alpha value is -1.10. The van der Waals surface area contributed by atoms with Crippen LogP contribution in [0, 0.1) is 5.92 Å². The van der Waals surface area contributed by atoms with Crippen molar-refractivity contribution in [1.29, 1.82) is 0 Å². The zero-order valence-electron chi connectivity index (χ0n) is 9.10. The average Bonchev–Trinajstić information content (AvgIpc) is 2.26. The van der Waals surface area contributed by atoms with Gasteiger partial charge in [0.25, 0.3) is 0 Å². The molecule has 1 N–H and O–H groups in total. The zero-order chi connectivity index (χ0) is 11.3. The van der Waals surface area contributed by atoms with Gasteiger partial charge in [-0.05, 0) is 12.2 Å². The fraction of sp³-hybridized carbons (Fsp3) is 0.500. The third-order valence-electron chi connectivity index (χ3n) is 2.00. The fourth-order valence-corrected chi connectivity index (χ4v) is 1.76. The molecule has 0 saturated heterocycles. The van der Waals surface area contributed by atoms with Gasteiger partial charge in [-0.25, -0.2) is 9.97 Å². The molecule has 0 spiro atoms. The number of thioether (sulfide) groups is 1. The first kappa shape index (κ1) is 12.0. The van der Waals surface area contributed by atoms with Gasteiger partial charge in [-0.2, -0.15) is 0 Å². The predicted molar refractivity (Wildman–Crippen MR) is 62.8 cm³/mol. The molecule has 82 valence electrons. The molecule has 4 nitrogen and oxygen atoms in total. The molecule has 0 bridgehead atoms. The van der Waals surface area contributed by atoms with Crippen LogP contribution in [0.15, 0.2) is 18.7 Å². The number of rotatable bonds is 4. The number of anilines is 1. The highest BCUT2D eigenvalue weighted by Gasteiger charge is 2.20. The number of hydrogen-bond acceptors (Lipinski definition) is 5. The summed E-state index contributed by atoms with van der Waals surface area (Å²) in [5.41, 5.74) is 0.776. The van der Waals surface area contributed by atoms with Crippen LogP contribution < -0.4 is 5.32 Å². The molecule has 1 aromatic rings. The van der Waals surface area contributed by atoms with E-state index in [1.54, 1.807) is 18.6 Å². The van der Waals surface area contributed by atoms with E-state index >= 15 is 0 Å². The van der Waals surface area contributed by atoms with E-state index in [0.717, 1.165) is 5.69 Å². The van der Waals surface area contributed by atoms with Crippen molar-refractivity contribution >= 4 is 22.6 Å². The molecular weight excluding hydrogens is 210 g/mol. The normalized spacial score (nSPS) is 12.5. The van der Waals surface area contributed by atoms with Gasteiger partial charge in [0.1, 0.15) is 6.33 Å². The molecule has 0 aromatic carbocycles. The lowest BCUT2D eigenvalue weighted by Gasteiger charge is -2.20. The summed E-state index contributed by atoms with van der Waals surface area (Å²) in [5, 5.41) is 3.27. The lowest BCUT2D eigenvalue weighted by atomic mass is 10.1. The van der Waals surface area contributed by atoms with E-state index in [4.69, 9.17) is 0 Å². The monoisotopic (exact) mass is 225 g/mol. The summed E-state index contributed by atoms with van der Waals surface area (Å²) in [6.45, 7) is 4.02. The van der Waals surface area contributed by atoms with Crippen molar-refractivity contribution in [2.24, 2.45) is 5.92 Å². The summed E-state index contributed by atoms with van der Waals surface area (Å²) in [7, 11) is 0. The minimum atomic E-state index is -0.189. The van der Waals surface area contributed by atoms with Crippen LogP contribution in [-0.2, 0) is 4.79 Å². The zero-order valence-corrected chi connectivity index (χ0v) is 9.91. The first-order valence-electron chi connectivity index (χ1n) is 4.74. The molecule has 0 aliphatic rings. The van der Waals surface area contributed by atoms with Crippen molar-refractivity contribution in [3.05, 3.63) is 18.7 Å². The maximum Gasteiger partial charge on any atom is 0.211 e. The van der Waals surface area contributed by atoms with Crippen LogP contribution in [0.25, 0.3) is 0 Å². The van der Waals surface area contributed by atoms with Crippen LogP contribution in [0.1, 0.15) is 13.8 Å². The number of carbonyl (C=O) groups excluding carboxylic acids is 1. The van der Waals surface area contributed by atoms with Gasteiger partial charge in [-0.3, -0.25) is 4.79 Å². The molecule has 0 unspecified atom stereocenters. The Morgan fingerprint density at radius 2 is 2.00 bits per heavy atom. The van der Waals surface area contributed by atoms with Crippen molar-refractivity contribution in [3.63, 3.8) is 0 Å². The maximum absolute atomic E-state index is 11.6. The molecule has 1 atom stereocenters. The number of carbonyl (C=O) groups is 1. The lowest BCUT2D eigenvalue weighted by Crippen LogP contribution is -2.32. The highest BCUT2D eigenvalue weighted by atomic mass is 32.2. The quantitative estimate of drug-likeness (QED) is 0.846. The first-order valence-corrected chi connectivity index (χ1v) is 5.97. The van der Waals surface area contributed by atoms with E-state index in [1.807, 2.05) is 13.8 Å². The number of nitrogens with zero attached hydrogens (tertiary/aromatic N) is 2. The summed E-state index contributed by atoms with van der Waals surface area (Å²) in [4.78, 5) is 19.4. The predicted octanol–water partition coefficient (Wildman–Crippen LogP) is 1.80. The van der Waals surface area contributed by atoms with Crippen molar-refractivity contribution in [3.8, 4) is 0 Å². The van der Waals surface area contributed by atoms with Gasteiger partial charge < -0.3 is 5.32 Å². The van der Waals surface area contributed by atoms with Crippen LogP contribution in [-0.4, -0.2) is 27.4 Å². The lowest BCUT2D eigenvalue weighted by molar-refractivity contribution is -0.112. The minimum Gasteiger partial charge on any atom is -0.372 e. The summed E-state index contributed by atoms with van der Waals surface area (Å²) < 4.78 is 0. The van der Waals surface area contributed by atoms with Crippen molar-refractivity contribution in [2.45, 2.75) is 19.9 Å². The van der Waals surface area contributed by atoms with E-state index in [-0.39, 0.29) is 17.1 Å². The third kappa shape index (κ3) is 3.51. The van der Waals surface area contributed by atoms with Gasteiger partial charge in [-0.1, -0.05) is 25.6 Å². The van der Waals surface area contributed by atoms with Gasteiger partial charge in [0.05, 0.1) is 24.1 Å². The van der Waals surface area contributed by atoms with Gasteiger partial charge in [0, 0.05) is 0 Å². The van der Waals surface area contributed by atoms with Crippen LogP contribution in [0.5, 0.6) is 0 Å². The molecule has 0 radical (unpaired) electrons. The van der Waals surface area contributed by atoms with E-state index in [0.29, 0.717) is 0 Å². The maximum atomic E-state index is 11.6. The van der Waals surface area contributed by atoms with Crippen LogP contribution in [0.4, 0.5) is 5.69 Å². The average molecular weight is 225 g/mol. The molecule has 1 aromatic heterocycles. The van der Waals surface area contributed by atoms with Crippen LogP contribution in [0.2, 0.25) is 0 Å². The van der Waals surface area contributed by atoms with Gasteiger partial charge >= 0.3 is 0 Å². The third-order valence-corrected chi connectivity index (χ3v) is 2.66. The van der Waals surface area contributed by atoms with Gasteiger partial charge in [0.2, 0.25) is 5.12 Å². The molecular formula is C10H15N3OS. The molecule has 0 fully saturated rings. The smallest absolute Gasteiger partial charge is 0.211 e. The van der Waals surface area contributed by atoms with Crippen molar-refractivity contribution in [1.82, 2.24) is 9.97 Å². The fourth-order valence-electron chi connectivity index (χ4n) is 1.18. The second kappa shape index (κ2) is 5.70. The molecule has 0 saturated carbocycles. The van der Waals surface area contributed by atoms with Crippen molar-refractivity contribution in [2.75, 3.05) is 11.6 Å². The van der Waals surface area contributed by atoms with Crippen LogP contribution >= 0.6 is 11.8 Å². The van der Waals surface area contributed by atoms with Gasteiger partial charge in [-0.15, -0.1) is 0 Å². The topological polar surface area (TPSA) is 54.9 Å². The number of nitrogens with one attached hydrogen (secondary N) is 1. The molecule has 1 heterocycles. The van der Waals surface area contributed by atoms with E-state index in [2.05, 4.69) is 15.3 Å². The summed E-state index contributed by atoms with van der Waals surface area (Å²) in [5.74, 6) is 0.241. The summed E-state index contributed by atoms with van der Waals surface area (Å²) >= 11 is 1.24. The Morgan fingerprint density at radius 3 is 2.47 bits per heavy atom. The van der Waals surface area contributed by atoms with Gasteiger partial charge in [0.15, 0.2) is 0 Å². The Labute approximate surface area is 93.9 Å². The summed E-state index contributed by atoms with van der Waals surface area (Å²) in [6, 6.07) is -0.189. The number of hydrogen-bond donors (Lipinski definition) is 1. The Kier molecular flexibility index (Phi) is 4.55. The first-order chi connectivity index (χ1) is 7.15. The Bertz CT molecular complexity index is 316. The number of aromatic nitrogens is 2. The highest BCUT2D eigenvalue weighted by Crippen LogP contribution is 2.15. The van der Waals surface area contributed by atoms with E-state index in [9.17, 15) is 4.79 Å². The SMILES string of the molecule is CSC(=O)[C@@H](Nc1cncnc1)C(C)C. The molecule has 0 aliphatic heterocycles. The second-order valence-corrected chi connectivity index (χ2v) is 4.33. The second-order valence-electron chi connectivity index (χ2n) is 3.52. The molecule has 15 heavy (non-hydrogen) atoms. The molecule has 0 amide bonds. The molecule has 1 rings (SSSR count). The molecule has 0 aliphatic carbocycles.